The molecule has 0 radical (unpaired) electrons. The molecule has 102 valence electrons. The monoisotopic (exact) mass is 343 g/mol. The molecule has 2 N–H and O–H groups in total. The number of anilines is 1. The number of nitrogens with one attached hydrogen (secondary N) is 1. The van der Waals surface area contributed by atoms with Crippen LogP contribution in [0.4, 0.5) is 14.5 Å². The smallest absolute Gasteiger partial charge is 0.394 e. The molecule has 0 spiro atoms. The zero-order valence-corrected chi connectivity index (χ0v) is 11.8. The molecule has 8 heteroatoms. The van der Waals surface area contributed by atoms with Gasteiger partial charge in [-0.25, -0.2) is 8.42 Å². The molecule has 0 aliphatic heterocycles. The van der Waals surface area contributed by atoms with Crippen LogP contribution in [-0.4, -0.2) is 30.3 Å². The van der Waals surface area contributed by atoms with E-state index < -0.39 is 18.9 Å². The quantitative estimate of drug-likeness (QED) is 0.804. The van der Waals surface area contributed by atoms with Crippen LogP contribution in [-0.2, 0) is 9.84 Å². The predicted molar refractivity (Wildman–Crippen MR) is 67.7 cm³/mol. The molecule has 0 aromatic heterocycles. The van der Waals surface area contributed by atoms with Gasteiger partial charge < -0.3 is 10.4 Å². The van der Waals surface area contributed by atoms with Gasteiger partial charge in [-0.3, -0.25) is 0 Å². The Bertz CT molecular complexity index is 499. The summed E-state index contributed by atoms with van der Waals surface area (Å²) in [5.41, 5.74) is 0.536. The number of rotatable bonds is 5. The van der Waals surface area contributed by atoms with Crippen molar-refractivity contribution >= 4 is 31.5 Å². The molecule has 1 aromatic carbocycles. The van der Waals surface area contributed by atoms with Gasteiger partial charge >= 0.3 is 4.16 Å². The lowest BCUT2D eigenvalue weighted by atomic mass is 10.3. The Morgan fingerprint density at radius 3 is 2.28 bits per heavy atom. The van der Waals surface area contributed by atoms with Crippen LogP contribution in [0.5, 0.6) is 0 Å². The fraction of sp³-hybridized carbons (Fsp3) is 0.400. The van der Waals surface area contributed by atoms with Gasteiger partial charge in [0.2, 0.25) is 0 Å². The van der Waals surface area contributed by atoms with Crippen molar-refractivity contribution < 1.29 is 22.3 Å². The normalized spacial score (nSPS) is 14.3. The van der Waals surface area contributed by atoms with Crippen molar-refractivity contribution in [2.45, 2.75) is 22.0 Å². The summed E-state index contributed by atoms with van der Waals surface area (Å²) < 4.78 is 44.4. The first kappa shape index (κ1) is 15.3. The topological polar surface area (TPSA) is 66.4 Å². The molecule has 4 nitrogen and oxygen atoms in total. The summed E-state index contributed by atoms with van der Waals surface area (Å²) in [5, 5.41) is 11.7. The number of halogens is 3. The second kappa shape index (κ2) is 5.50. The molecule has 1 aromatic rings. The van der Waals surface area contributed by atoms with Crippen LogP contribution in [0.1, 0.15) is 6.92 Å². The van der Waals surface area contributed by atoms with Crippen LogP contribution in [0, 0.1) is 0 Å². The first-order valence-electron chi connectivity index (χ1n) is 4.97. The Morgan fingerprint density at radius 2 is 1.89 bits per heavy atom. The average Bonchev–Trinajstić information content (AvgIpc) is 2.28. The Hall–Kier alpha value is -0.730. The summed E-state index contributed by atoms with van der Waals surface area (Å²) in [6.07, 6.45) is 0. The van der Waals surface area contributed by atoms with E-state index in [2.05, 4.69) is 5.32 Å². The summed E-state index contributed by atoms with van der Waals surface area (Å²) in [6.45, 7) is 1.62. The van der Waals surface area contributed by atoms with Crippen molar-refractivity contribution in [2.75, 3.05) is 11.9 Å². The molecule has 1 rings (SSSR count). The molecule has 0 aliphatic carbocycles. The van der Waals surface area contributed by atoms with Crippen molar-refractivity contribution in [1.82, 2.24) is 0 Å². The molecular formula is C10H12BrF2NO3S. The van der Waals surface area contributed by atoms with Gasteiger partial charge in [-0.2, -0.15) is 8.78 Å². The average molecular weight is 344 g/mol. The zero-order chi connectivity index (χ0) is 14.0. The number of aliphatic hydroxyl groups is 1. The molecule has 0 saturated heterocycles. The number of hydrogen-bond acceptors (Lipinski definition) is 4. The Kier molecular flexibility index (Phi) is 4.68. The molecule has 0 fully saturated rings. The van der Waals surface area contributed by atoms with Crippen molar-refractivity contribution in [1.29, 1.82) is 0 Å². The minimum Gasteiger partial charge on any atom is -0.394 e. The van der Waals surface area contributed by atoms with Crippen molar-refractivity contribution in [3.8, 4) is 0 Å². The van der Waals surface area contributed by atoms with Crippen molar-refractivity contribution in [2.24, 2.45) is 0 Å². The van der Waals surface area contributed by atoms with Gasteiger partial charge in [0.05, 0.1) is 11.5 Å². The maximum absolute atomic E-state index is 12.8. The van der Waals surface area contributed by atoms with E-state index in [4.69, 9.17) is 5.11 Å². The van der Waals surface area contributed by atoms with Crippen LogP contribution < -0.4 is 5.32 Å². The number of sulfone groups is 1. The summed E-state index contributed by atoms with van der Waals surface area (Å²) >= 11 is 1.84. The predicted octanol–water partition coefficient (Wildman–Crippen LogP) is 2.20. The minimum atomic E-state index is -4.72. The fourth-order valence-electron chi connectivity index (χ4n) is 1.19. The van der Waals surface area contributed by atoms with Crippen molar-refractivity contribution in [3.05, 3.63) is 24.3 Å². The van der Waals surface area contributed by atoms with Crippen LogP contribution in [0.25, 0.3) is 0 Å². The number of benzene rings is 1. The van der Waals surface area contributed by atoms with Gasteiger partial charge in [0, 0.05) is 27.7 Å². The summed E-state index contributed by atoms with van der Waals surface area (Å²) in [4.78, 5) is -0.480. The lowest BCUT2D eigenvalue weighted by molar-refractivity contribution is 0.204. The molecule has 0 heterocycles. The summed E-state index contributed by atoms with van der Waals surface area (Å²) in [6, 6.07) is 4.66. The molecule has 1 atom stereocenters. The van der Waals surface area contributed by atoms with Gasteiger partial charge in [0.1, 0.15) is 0 Å². The highest BCUT2D eigenvalue weighted by molar-refractivity contribution is 9.11. The van der Waals surface area contributed by atoms with Crippen LogP contribution in [0.2, 0.25) is 0 Å². The van der Waals surface area contributed by atoms with Crippen LogP contribution in [0.3, 0.4) is 0 Å². The molecule has 0 saturated carbocycles. The van der Waals surface area contributed by atoms with E-state index in [-0.39, 0.29) is 12.6 Å². The van der Waals surface area contributed by atoms with E-state index in [1.807, 2.05) is 15.9 Å². The maximum atomic E-state index is 12.8. The molecule has 1 unspecified atom stereocenters. The van der Waals surface area contributed by atoms with E-state index >= 15 is 0 Å². The number of hydrogen-bond donors (Lipinski definition) is 2. The SMILES string of the molecule is CC(CO)Nc1ccc(S(=O)(=O)C(F)(F)Br)cc1. The second-order valence-electron chi connectivity index (χ2n) is 3.70. The molecule has 0 amide bonds. The standard InChI is InChI=1S/C10H12BrF2NO3S/c1-7(6-15)14-8-2-4-9(5-3-8)18(16,17)10(11,12)13/h2-5,7,14-15H,6H2,1H3. The highest BCUT2D eigenvalue weighted by Gasteiger charge is 2.43. The Labute approximate surface area is 112 Å². The van der Waals surface area contributed by atoms with Gasteiger partial charge in [-0.15, -0.1) is 0 Å². The third-order valence-electron chi connectivity index (χ3n) is 2.16. The zero-order valence-electron chi connectivity index (χ0n) is 9.40. The minimum absolute atomic E-state index is 0.0977. The third kappa shape index (κ3) is 3.39. The number of aliphatic hydroxyl groups excluding tert-OH is 1. The lowest BCUT2D eigenvalue weighted by Crippen LogP contribution is -2.22. The summed E-state index contributed by atoms with van der Waals surface area (Å²) in [5.74, 6) is 0. The lowest BCUT2D eigenvalue weighted by Gasteiger charge is -2.13. The highest BCUT2D eigenvalue weighted by atomic mass is 79.9. The number of alkyl halides is 3. The van der Waals surface area contributed by atoms with E-state index in [0.29, 0.717) is 5.69 Å². The van der Waals surface area contributed by atoms with Gasteiger partial charge in [0.15, 0.2) is 0 Å². The molecule has 18 heavy (non-hydrogen) atoms. The first-order chi connectivity index (χ1) is 8.18. The van der Waals surface area contributed by atoms with Crippen LogP contribution in [0.15, 0.2) is 29.2 Å². The molecule has 0 aliphatic rings. The van der Waals surface area contributed by atoms with Gasteiger partial charge in [-0.05, 0) is 31.2 Å². The van der Waals surface area contributed by atoms with E-state index in [1.54, 1.807) is 6.92 Å². The fourth-order valence-corrected chi connectivity index (χ4v) is 2.52. The molecular weight excluding hydrogens is 332 g/mol. The Morgan fingerprint density at radius 1 is 1.39 bits per heavy atom. The highest BCUT2D eigenvalue weighted by Crippen LogP contribution is 2.34. The van der Waals surface area contributed by atoms with Gasteiger partial charge in [-0.1, -0.05) is 0 Å². The first-order valence-corrected chi connectivity index (χ1v) is 7.25. The Balaban J connectivity index is 2.97. The van der Waals surface area contributed by atoms with E-state index in [0.717, 1.165) is 12.1 Å². The van der Waals surface area contributed by atoms with Crippen LogP contribution >= 0.6 is 15.9 Å². The van der Waals surface area contributed by atoms with E-state index in [9.17, 15) is 17.2 Å². The van der Waals surface area contributed by atoms with E-state index in [1.165, 1.54) is 12.1 Å². The second-order valence-corrected chi connectivity index (χ2v) is 7.21. The third-order valence-corrected chi connectivity index (χ3v) is 4.94. The largest absolute Gasteiger partial charge is 0.404 e. The molecule has 0 bridgehead atoms. The van der Waals surface area contributed by atoms with Gasteiger partial charge in [0.25, 0.3) is 9.84 Å². The maximum Gasteiger partial charge on any atom is 0.404 e. The summed E-state index contributed by atoms with van der Waals surface area (Å²) in [7, 11) is -4.72. The van der Waals surface area contributed by atoms with Crippen molar-refractivity contribution in [3.63, 3.8) is 0 Å².